The maximum atomic E-state index is 12.3. The third-order valence-corrected chi connectivity index (χ3v) is 6.10. The van der Waals surface area contributed by atoms with Gasteiger partial charge < -0.3 is 0 Å². The van der Waals surface area contributed by atoms with E-state index in [1.807, 2.05) is 0 Å². The van der Waals surface area contributed by atoms with Crippen molar-refractivity contribution in [2.24, 2.45) is 0 Å². The normalized spacial score (nSPS) is 24.4. The van der Waals surface area contributed by atoms with Crippen LogP contribution in [0, 0.1) is 0 Å². The molecule has 1 fully saturated rings. The number of halogens is 3. The van der Waals surface area contributed by atoms with E-state index in [0.717, 1.165) is 30.2 Å². The molecule has 0 saturated heterocycles. The average Bonchev–Trinajstić information content (AvgIpc) is 2.31. The molecule has 0 amide bonds. The van der Waals surface area contributed by atoms with E-state index in [4.69, 9.17) is 23.2 Å². The van der Waals surface area contributed by atoms with Gasteiger partial charge in [-0.05, 0) is 43.9 Å². The standard InChI is InChI=1S/C12H14BrCl2NO2S/c13-8-1-6-12(11(15)7-8)19(17,18)16-10-4-2-9(14)3-5-10/h1,6-7,9-10,16H,2-5H2. The van der Waals surface area contributed by atoms with Crippen LogP contribution in [-0.4, -0.2) is 19.8 Å². The molecule has 7 heteroatoms. The number of rotatable bonds is 3. The lowest BCUT2D eigenvalue weighted by atomic mass is 9.96. The molecule has 1 saturated carbocycles. The number of sulfonamides is 1. The Bertz CT molecular complexity index is 557. The van der Waals surface area contributed by atoms with Crippen molar-refractivity contribution in [1.82, 2.24) is 4.72 Å². The molecular formula is C12H14BrCl2NO2S. The van der Waals surface area contributed by atoms with Crippen molar-refractivity contribution in [1.29, 1.82) is 0 Å². The molecule has 1 aliphatic carbocycles. The second-order valence-corrected chi connectivity index (χ2v) is 8.27. The molecule has 1 aliphatic rings. The van der Waals surface area contributed by atoms with Gasteiger partial charge in [0, 0.05) is 15.9 Å². The highest BCUT2D eigenvalue weighted by molar-refractivity contribution is 9.10. The Hall–Kier alpha value is 0.190. The molecule has 0 unspecified atom stereocenters. The first kappa shape index (κ1) is 15.6. The van der Waals surface area contributed by atoms with Gasteiger partial charge in [0.05, 0.1) is 5.02 Å². The van der Waals surface area contributed by atoms with E-state index < -0.39 is 10.0 Å². The third-order valence-electron chi connectivity index (χ3n) is 3.16. The first-order chi connectivity index (χ1) is 8.88. The molecular weight excluding hydrogens is 373 g/mol. The Morgan fingerprint density at radius 2 is 1.84 bits per heavy atom. The Kier molecular flexibility index (Phi) is 5.17. The molecule has 1 N–H and O–H groups in total. The van der Waals surface area contributed by atoms with Gasteiger partial charge in [-0.2, -0.15) is 0 Å². The van der Waals surface area contributed by atoms with Crippen LogP contribution in [0.25, 0.3) is 0 Å². The smallest absolute Gasteiger partial charge is 0.208 e. The second-order valence-electron chi connectivity index (χ2n) is 4.64. The van der Waals surface area contributed by atoms with Crippen LogP contribution in [0.1, 0.15) is 25.7 Å². The van der Waals surface area contributed by atoms with Crippen LogP contribution in [0.5, 0.6) is 0 Å². The fourth-order valence-electron chi connectivity index (χ4n) is 2.15. The SMILES string of the molecule is O=S(=O)(NC1CCC(Cl)CC1)c1ccc(Br)cc1Cl. The van der Waals surface area contributed by atoms with Crippen molar-refractivity contribution in [3.8, 4) is 0 Å². The zero-order chi connectivity index (χ0) is 14.0. The summed E-state index contributed by atoms with van der Waals surface area (Å²) in [6.07, 6.45) is 3.20. The zero-order valence-corrected chi connectivity index (χ0v) is 14.0. The Balaban J connectivity index is 2.14. The van der Waals surface area contributed by atoms with E-state index >= 15 is 0 Å². The topological polar surface area (TPSA) is 46.2 Å². The van der Waals surface area contributed by atoms with Gasteiger partial charge in [0.1, 0.15) is 4.90 Å². The van der Waals surface area contributed by atoms with Crippen molar-refractivity contribution in [2.75, 3.05) is 0 Å². The summed E-state index contributed by atoms with van der Waals surface area (Å²) in [4.78, 5) is 0.116. The van der Waals surface area contributed by atoms with Gasteiger partial charge >= 0.3 is 0 Å². The highest BCUT2D eigenvalue weighted by atomic mass is 79.9. The van der Waals surface area contributed by atoms with Gasteiger partial charge in [-0.3, -0.25) is 0 Å². The molecule has 0 radical (unpaired) electrons. The Morgan fingerprint density at radius 1 is 1.21 bits per heavy atom. The monoisotopic (exact) mass is 385 g/mol. The maximum absolute atomic E-state index is 12.3. The third kappa shape index (κ3) is 4.08. The minimum Gasteiger partial charge on any atom is -0.208 e. The maximum Gasteiger partial charge on any atom is 0.242 e. The summed E-state index contributed by atoms with van der Waals surface area (Å²) in [7, 11) is -3.57. The summed E-state index contributed by atoms with van der Waals surface area (Å²) in [5.41, 5.74) is 0. The van der Waals surface area contributed by atoms with Crippen LogP contribution < -0.4 is 4.72 Å². The van der Waals surface area contributed by atoms with E-state index in [1.54, 1.807) is 12.1 Å². The highest BCUT2D eigenvalue weighted by Crippen LogP contribution is 2.27. The summed E-state index contributed by atoms with van der Waals surface area (Å²) in [6, 6.07) is 4.68. The number of alkyl halides is 1. The minimum atomic E-state index is -3.57. The average molecular weight is 387 g/mol. The van der Waals surface area contributed by atoms with Crippen LogP contribution in [0.2, 0.25) is 5.02 Å². The molecule has 0 aromatic heterocycles. The predicted octanol–water partition coefficient (Wildman–Crippen LogP) is 3.93. The lowest BCUT2D eigenvalue weighted by Gasteiger charge is -2.25. The van der Waals surface area contributed by atoms with Crippen molar-refractivity contribution >= 4 is 49.2 Å². The van der Waals surface area contributed by atoms with E-state index in [2.05, 4.69) is 20.7 Å². The van der Waals surface area contributed by atoms with Gasteiger partial charge in [0.15, 0.2) is 0 Å². The molecule has 0 aliphatic heterocycles. The van der Waals surface area contributed by atoms with Crippen LogP contribution in [0.4, 0.5) is 0 Å². The van der Waals surface area contributed by atoms with Gasteiger partial charge in [-0.25, -0.2) is 13.1 Å². The molecule has 0 bridgehead atoms. The largest absolute Gasteiger partial charge is 0.242 e. The summed E-state index contributed by atoms with van der Waals surface area (Å²) >= 11 is 15.2. The molecule has 2 rings (SSSR count). The number of hydrogen-bond acceptors (Lipinski definition) is 2. The van der Waals surface area contributed by atoms with Crippen LogP contribution in [-0.2, 0) is 10.0 Å². The summed E-state index contributed by atoms with van der Waals surface area (Å²) in [5, 5.41) is 0.380. The summed E-state index contributed by atoms with van der Waals surface area (Å²) in [5.74, 6) is 0. The molecule has 19 heavy (non-hydrogen) atoms. The van der Waals surface area contributed by atoms with Gasteiger partial charge in [-0.1, -0.05) is 27.5 Å². The van der Waals surface area contributed by atoms with Crippen molar-refractivity contribution in [3.63, 3.8) is 0 Å². The molecule has 0 atom stereocenters. The van der Waals surface area contributed by atoms with E-state index in [-0.39, 0.29) is 21.3 Å². The zero-order valence-electron chi connectivity index (χ0n) is 10.1. The number of hydrogen-bond donors (Lipinski definition) is 1. The highest BCUT2D eigenvalue weighted by Gasteiger charge is 2.26. The molecule has 1 aromatic carbocycles. The van der Waals surface area contributed by atoms with Crippen molar-refractivity contribution in [2.45, 2.75) is 42.0 Å². The van der Waals surface area contributed by atoms with Crippen molar-refractivity contribution in [3.05, 3.63) is 27.7 Å². The Morgan fingerprint density at radius 3 is 2.42 bits per heavy atom. The van der Waals surface area contributed by atoms with Crippen molar-refractivity contribution < 1.29 is 8.42 Å². The van der Waals surface area contributed by atoms with E-state index in [1.165, 1.54) is 6.07 Å². The lowest BCUT2D eigenvalue weighted by Crippen LogP contribution is -2.37. The van der Waals surface area contributed by atoms with E-state index in [0.29, 0.717) is 0 Å². The molecule has 1 aromatic rings. The quantitative estimate of drug-likeness (QED) is 0.800. The predicted molar refractivity (Wildman–Crippen MR) is 81.4 cm³/mol. The van der Waals surface area contributed by atoms with Gasteiger partial charge in [0.25, 0.3) is 0 Å². The van der Waals surface area contributed by atoms with Gasteiger partial charge in [0.2, 0.25) is 10.0 Å². The fourth-order valence-corrected chi connectivity index (χ4v) is 4.74. The van der Waals surface area contributed by atoms with Gasteiger partial charge in [-0.15, -0.1) is 11.6 Å². The lowest BCUT2D eigenvalue weighted by molar-refractivity contribution is 0.416. The molecule has 0 heterocycles. The first-order valence-electron chi connectivity index (χ1n) is 6.00. The fraction of sp³-hybridized carbons (Fsp3) is 0.500. The Labute approximate surface area is 131 Å². The summed E-state index contributed by atoms with van der Waals surface area (Å²) < 4.78 is 28.0. The molecule has 3 nitrogen and oxygen atoms in total. The van der Waals surface area contributed by atoms with E-state index in [9.17, 15) is 8.42 Å². The number of benzene rings is 1. The van der Waals surface area contributed by atoms with Crippen LogP contribution in [0.3, 0.4) is 0 Å². The molecule has 106 valence electrons. The number of nitrogens with one attached hydrogen (secondary N) is 1. The minimum absolute atomic E-state index is 0.0558. The van der Waals surface area contributed by atoms with Crippen LogP contribution >= 0.6 is 39.1 Å². The second kappa shape index (κ2) is 6.31. The molecule has 0 spiro atoms. The summed E-state index contributed by atoms with van der Waals surface area (Å²) in [6.45, 7) is 0. The van der Waals surface area contributed by atoms with Crippen LogP contribution in [0.15, 0.2) is 27.6 Å². The first-order valence-corrected chi connectivity index (χ1v) is 9.09.